The molecule has 0 radical (unpaired) electrons. The molecule has 3 aromatic carbocycles. The average molecular weight is 360 g/mol. The Kier molecular flexibility index (Phi) is 6.00. The first-order chi connectivity index (χ1) is 13.1. The molecule has 27 heavy (non-hydrogen) atoms. The largest absolute Gasteiger partial charge is 0.455 e. The molecule has 136 valence electrons. The number of esters is 2. The molecule has 2 unspecified atom stereocenters. The molecule has 3 aromatic rings. The van der Waals surface area contributed by atoms with Gasteiger partial charge in [0, 0.05) is 0 Å². The Labute approximate surface area is 158 Å². The summed E-state index contributed by atoms with van der Waals surface area (Å²) in [4.78, 5) is 24.9. The zero-order valence-electron chi connectivity index (χ0n) is 14.9. The Bertz CT molecular complexity index is 876. The van der Waals surface area contributed by atoms with Gasteiger partial charge in [-0.25, -0.2) is 9.59 Å². The maximum Gasteiger partial charge on any atom is 0.338 e. The van der Waals surface area contributed by atoms with Crippen LogP contribution in [0.15, 0.2) is 91.0 Å². The lowest BCUT2D eigenvalue weighted by molar-refractivity contribution is -0.0312. The lowest BCUT2D eigenvalue weighted by Gasteiger charge is -2.24. The number of hydrogen-bond donors (Lipinski definition) is 0. The number of benzene rings is 3. The van der Waals surface area contributed by atoms with Crippen molar-refractivity contribution in [2.75, 3.05) is 0 Å². The third-order valence-electron chi connectivity index (χ3n) is 4.10. The Balaban J connectivity index is 1.79. The van der Waals surface area contributed by atoms with Crippen LogP contribution in [0.3, 0.4) is 0 Å². The van der Waals surface area contributed by atoms with E-state index in [1.54, 1.807) is 55.5 Å². The standard InChI is InChI=1S/C23H20O4/c1-17(26-22(24)19-13-7-3-8-14-19)21(18-11-5-2-6-12-18)27-23(25)20-15-9-4-10-16-20/h2-17,21H,1H3. The summed E-state index contributed by atoms with van der Waals surface area (Å²) < 4.78 is 11.3. The van der Waals surface area contributed by atoms with Crippen molar-refractivity contribution in [1.29, 1.82) is 0 Å². The lowest BCUT2D eigenvalue weighted by Crippen LogP contribution is -2.27. The van der Waals surface area contributed by atoms with Crippen molar-refractivity contribution in [3.63, 3.8) is 0 Å². The summed E-state index contributed by atoms with van der Waals surface area (Å²) in [6, 6.07) is 26.7. The van der Waals surface area contributed by atoms with Gasteiger partial charge in [0.05, 0.1) is 11.1 Å². The summed E-state index contributed by atoms with van der Waals surface area (Å²) >= 11 is 0. The van der Waals surface area contributed by atoms with E-state index in [0.717, 1.165) is 5.56 Å². The molecule has 0 amide bonds. The summed E-state index contributed by atoms with van der Waals surface area (Å²) in [5.41, 5.74) is 1.65. The van der Waals surface area contributed by atoms with Crippen LogP contribution in [0.4, 0.5) is 0 Å². The maximum atomic E-state index is 12.5. The second-order valence-corrected chi connectivity index (χ2v) is 6.08. The van der Waals surface area contributed by atoms with Crippen LogP contribution in [0.2, 0.25) is 0 Å². The molecule has 0 fully saturated rings. The number of ether oxygens (including phenoxy) is 2. The van der Waals surface area contributed by atoms with Gasteiger partial charge >= 0.3 is 11.9 Å². The van der Waals surface area contributed by atoms with E-state index in [0.29, 0.717) is 11.1 Å². The van der Waals surface area contributed by atoms with Crippen molar-refractivity contribution in [3.05, 3.63) is 108 Å². The molecule has 0 aliphatic carbocycles. The smallest absolute Gasteiger partial charge is 0.338 e. The van der Waals surface area contributed by atoms with Crippen LogP contribution >= 0.6 is 0 Å². The van der Waals surface area contributed by atoms with Gasteiger partial charge in [-0.2, -0.15) is 0 Å². The van der Waals surface area contributed by atoms with Crippen LogP contribution in [-0.2, 0) is 9.47 Å². The molecule has 0 saturated carbocycles. The predicted octanol–water partition coefficient (Wildman–Crippen LogP) is 4.83. The SMILES string of the molecule is CC(OC(=O)c1ccccc1)C(OC(=O)c1ccccc1)c1ccccc1. The van der Waals surface area contributed by atoms with E-state index in [1.165, 1.54) is 0 Å². The second-order valence-electron chi connectivity index (χ2n) is 6.08. The summed E-state index contributed by atoms with van der Waals surface area (Å²) in [6.07, 6.45) is -1.38. The fourth-order valence-corrected chi connectivity index (χ4v) is 2.71. The van der Waals surface area contributed by atoms with Gasteiger partial charge in [-0.1, -0.05) is 66.7 Å². The van der Waals surface area contributed by atoms with Gasteiger partial charge in [0.2, 0.25) is 0 Å². The molecule has 0 aliphatic heterocycles. The molecular formula is C23H20O4. The molecular weight excluding hydrogens is 340 g/mol. The maximum absolute atomic E-state index is 12.5. The third kappa shape index (κ3) is 4.82. The molecule has 0 heterocycles. The van der Waals surface area contributed by atoms with Crippen molar-refractivity contribution in [1.82, 2.24) is 0 Å². The zero-order valence-corrected chi connectivity index (χ0v) is 14.9. The fraction of sp³-hybridized carbons (Fsp3) is 0.130. The van der Waals surface area contributed by atoms with Crippen molar-refractivity contribution < 1.29 is 19.1 Å². The normalized spacial score (nSPS) is 12.6. The molecule has 0 spiro atoms. The third-order valence-corrected chi connectivity index (χ3v) is 4.10. The zero-order chi connectivity index (χ0) is 19.1. The van der Waals surface area contributed by atoms with E-state index in [1.807, 2.05) is 42.5 Å². The average Bonchev–Trinajstić information content (AvgIpc) is 2.73. The van der Waals surface area contributed by atoms with E-state index < -0.39 is 24.1 Å². The number of hydrogen-bond acceptors (Lipinski definition) is 4. The minimum absolute atomic E-state index is 0.444. The van der Waals surface area contributed by atoms with Crippen LogP contribution in [0.1, 0.15) is 39.3 Å². The van der Waals surface area contributed by atoms with Crippen molar-refractivity contribution >= 4 is 11.9 Å². The van der Waals surface area contributed by atoms with Crippen LogP contribution in [0, 0.1) is 0 Å². The summed E-state index contributed by atoms with van der Waals surface area (Å²) in [6.45, 7) is 1.72. The minimum Gasteiger partial charge on any atom is -0.455 e. The van der Waals surface area contributed by atoms with Gasteiger partial charge in [-0.05, 0) is 36.8 Å². The van der Waals surface area contributed by atoms with Gasteiger partial charge in [0.15, 0.2) is 6.10 Å². The molecule has 0 aromatic heterocycles. The van der Waals surface area contributed by atoms with Crippen LogP contribution in [-0.4, -0.2) is 18.0 Å². The van der Waals surface area contributed by atoms with Crippen LogP contribution in [0.25, 0.3) is 0 Å². The Hall–Kier alpha value is -3.40. The van der Waals surface area contributed by atoms with Crippen LogP contribution in [0.5, 0.6) is 0 Å². The van der Waals surface area contributed by atoms with E-state index in [9.17, 15) is 9.59 Å². The second kappa shape index (κ2) is 8.81. The molecule has 2 atom stereocenters. The highest BCUT2D eigenvalue weighted by Crippen LogP contribution is 2.25. The molecule has 4 heteroatoms. The minimum atomic E-state index is -0.716. The van der Waals surface area contributed by atoms with Gasteiger partial charge in [-0.3, -0.25) is 0 Å². The molecule has 0 bridgehead atoms. The first-order valence-corrected chi connectivity index (χ1v) is 8.72. The lowest BCUT2D eigenvalue weighted by atomic mass is 10.0. The summed E-state index contributed by atoms with van der Waals surface area (Å²) in [5.74, 6) is -0.924. The van der Waals surface area contributed by atoms with E-state index in [-0.39, 0.29) is 0 Å². The molecule has 0 N–H and O–H groups in total. The molecule has 4 nitrogen and oxygen atoms in total. The monoisotopic (exact) mass is 360 g/mol. The Morgan fingerprint density at radius 1 is 0.630 bits per heavy atom. The first-order valence-electron chi connectivity index (χ1n) is 8.72. The first kappa shape index (κ1) is 18.4. The number of carbonyl (C=O) groups excluding carboxylic acids is 2. The highest BCUT2D eigenvalue weighted by molar-refractivity contribution is 5.90. The highest BCUT2D eigenvalue weighted by atomic mass is 16.6. The summed E-state index contributed by atoms with van der Waals surface area (Å²) in [7, 11) is 0. The van der Waals surface area contributed by atoms with E-state index >= 15 is 0 Å². The number of rotatable bonds is 6. The quantitative estimate of drug-likeness (QED) is 0.591. The van der Waals surface area contributed by atoms with Gasteiger partial charge in [-0.15, -0.1) is 0 Å². The van der Waals surface area contributed by atoms with E-state index in [4.69, 9.17) is 9.47 Å². The molecule has 0 saturated heterocycles. The molecule has 0 aliphatic rings. The Morgan fingerprint density at radius 3 is 1.52 bits per heavy atom. The summed E-state index contributed by atoms with van der Waals surface area (Å²) in [5, 5.41) is 0. The van der Waals surface area contributed by atoms with Gasteiger partial charge in [0.1, 0.15) is 6.10 Å². The van der Waals surface area contributed by atoms with Crippen molar-refractivity contribution in [2.24, 2.45) is 0 Å². The fourth-order valence-electron chi connectivity index (χ4n) is 2.71. The van der Waals surface area contributed by atoms with Gasteiger partial charge in [0.25, 0.3) is 0 Å². The van der Waals surface area contributed by atoms with Crippen molar-refractivity contribution in [2.45, 2.75) is 19.1 Å². The van der Waals surface area contributed by atoms with E-state index in [2.05, 4.69) is 0 Å². The highest BCUT2D eigenvalue weighted by Gasteiger charge is 2.27. The van der Waals surface area contributed by atoms with Crippen molar-refractivity contribution in [3.8, 4) is 0 Å². The Morgan fingerprint density at radius 2 is 1.04 bits per heavy atom. The molecule has 3 rings (SSSR count). The van der Waals surface area contributed by atoms with Crippen LogP contribution < -0.4 is 0 Å². The number of carbonyl (C=O) groups is 2. The topological polar surface area (TPSA) is 52.6 Å². The predicted molar refractivity (Wildman–Crippen MR) is 102 cm³/mol. The van der Waals surface area contributed by atoms with Gasteiger partial charge < -0.3 is 9.47 Å².